The molecule has 2 atom stereocenters. The molecule has 0 amide bonds. The monoisotopic (exact) mass is 305 g/mol. The molecule has 2 unspecified atom stereocenters. The fourth-order valence-corrected chi connectivity index (χ4v) is 2.37. The van der Waals surface area contributed by atoms with Crippen LogP contribution < -0.4 is 4.90 Å². The molecule has 0 aromatic heterocycles. The number of nitrogens with zero attached hydrogens (tertiary/aromatic N) is 1. The van der Waals surface area contributed by atoms with Crippen LogP contribution in [-0.2, 0) is 4.79 Å². The van der Waals surface area contributed by atoms with Crippen LogP contribution in [0.1, 0.15) is 11.6 Å². The van der Waals surface area contributed by atoms with Crippen LogP contribution in [0.3, 0.4) is 0 Å². The Bertz CT molecular complexity index is 601. The maximum atomic E-state index is 11.2. The Kier molecular flexibility index (Phi) is 4.83. The SMILES string of the molecule is CN(c1ccc(Cl)cc1)C(c1ccccc1)C(O)C(=O)O. The van der Waals surface area contributed by atoms with E-state index in [-0.39, 0.29) is 0 Å². The normalized spacial score (nSPS) is 13.5. The summed E-state index contributed by atoms with van der Waals surface area (Å²) in [5.41, 5.74) is 1.50. The Labute approximate surface area is 128 Å². The molecule has 4 nitrogen and oxygen atoms in total. The Morgan fingerprint density at radius 3 is 2.19 bits per heavy atom. The van der Waals surface area contributed by atoms with Crippen molar-refractivity contribution in [1.29, 1.82) is 0 Å². The zero-order chi connectivity index (χ0) is 15.4. The third kappa shape index (κ3) is 3.54. The molecule has 110 valence electrons. The second-order valence-corrected chi connectivity index (χ2v) is 5.16. The molecule has 5 heteroatoms. The van der Waals surface area contributed by atoms with Crippen molar-refractivity contribution in [3.8, 4) is 0 Å². The average Bonchev–Trinajstić information content (AvgIpc) is 2.49. The van der Waals surface area contributed by atoms with E-state index in [9.17, 15) is 9.90 Å². The minimum Gasteiger partial charge on any atom is -0.479 e. The third-order valence-electron chi connectivity index (χ3n) is 3.34. The quantitative estimate of drug-likeness (QED) is 0.891. The van der Waals surface area contributed by atoms with Gasteiger partial charge in [-0.1, -0.05) is 41.9 Å². The lowest BCUT2D eigenvalue weighted by Gasteiger charge is -2.32. The maximum Gasteiger partial charge on any atom is 0.335 e. The second-order valence-electron chi connectivity index (χ2n) is 4.73. The topological polar surface area (TPSA) is 60.8 Å². The molecule has 2 aromatic rings. The van der Waals surface area contributed by atoms with Gasteiger partial charge in [0.1, 0.15) is 0 Å². The predicted molar refractivity (Wildman–Crippen MR) is 82.7 cm³/mol. The van der Waals surface area contributed by atoms with Crippen LogP contribution in [0, 0.1) is 0 Å². The van der Waals surface area contributed by atoms with Gasteiger partial charge < -0.3 is 15.1 Å². The summed E-state index contributed by atoms with van der Waals surface area (Å²) in [5.74, 6) is -1.26. The van der Waals surface area contributed by atoms with E-state index in [1.807, 2.05) is 18.2 Å². The number of aliphatic hydroxyl groups is 1. The van der Waals surface area contributed by atoms with Gasteiger partial charge in [-0.25, -0.2) is 4.79 Å². The van der Waals surface area contributed by atoms with Crippen LogP contribution in [0.25, 0.3) is 0 Å². The lowest BCUT2D eigenvalue weighted by molar-refractivity contribution is -0.147. The highest BCUT2D eigenvalue weighted by molar-refractivity contribution is 6.30. The number of hydrogen-bond acceptors (Lipinski definition) is 3. The summed E-state index contributed by atoms with van der Waals surface area (Å²) in [6.45, 7) is 0. The van der Waals surface area contributed by atoms with Gasteiger partial charge in [0.15, 0.2) is 6.10 Å². The molecule has 2 rings (SSSR count). The molecule has 0 radical (unpaired) electrons. The van der Waals surface area contributed by atoms with Gasteiger partial charge in [-0.2, -0.15) is 0 Å². The molecular weight excluding hydrogens is 290 g/mol. The highest BCUT2D eigenvalue weighted by atomic mass is 35.5. The average molecular weight is 306 g/mol. The van der Waals surface area contributed by atoms with E-state index < -0.39 is 18.1 Å². The predicted octanol–water partition coefficient (Wildman–Crippen LogP) is 2.96. The number of aliphatic carboxylic acids is 1. The molecule has 0 spiro atoms. The van der Waals surface area contributed by atoms with Crippen molar-refractivity contribution in [2.75, 3.05) is 11.9 Å². The van der Waals surface area contributed by atoms with E-state index in [4.69, 9.17) is 16.7 Å². The Morgan fingerprint density at radius 1 is 1.10 bits per heavy atom. The molecule has 0 bridgehead atoms. The molecule has 0 aliphatic rings. The molecule has 0 saturated heterocycles. The first-order valence-corrected chi connectivity index (χ1v) is 6.82. The number of carboxylic acids is 1. The van der Waals surface area contributed by atoms with Crippen molar-refractivity contribution in [2.45, 2.75) is 12.1 Å². The van der Waals surface area contributed by atoms with Crippen molar-refractivity contribution in [1.82, 2.24) is 0 Å². The summed E-state index contributed by atoms with van der Waals surface area (Å²) in [7, 11) is 1.74. The van der Waals surface area contributed by atoms with Crippen molar-refractivity contribution in [3.63, 3.8) is 0 Å². The minimum atomic E-state index is -1.53. The standard InChI is InChI=1S/C16H16ClNO3/c1-18(13-9-7-12(17)8-10-13)14(15(19)16(20)21)11-5-3-2-4-6-11/h2-10,14-15,19H,1H3,(H,20,21). The number of halogens is 1. The van der Waals surface area contributed by atoms with Crippen molar-refractivity contribution >= 4 is 23.3 Å². The summed E-state index contributed by atoms with van der Waals surface area (Å²) in [4.78, 5) is 12.9. The zero-order valence-corrected chi connectivity index (χ0v) is 12.2. The first-order chi connectivity index (χ1) is 10.0. The Hall–Kier alpha value is -2.04. The largest absolute Gasteiger partial charge is 0.479 e. The minimum absolute atomic E-state index is 0.599. The number of anilines is 1. The smallest absolute Gasteiger partial charge is 0.335 e. The number of rotatable bonds is 5. The molecule has 2 N–H and O–H groups in total. The van der Waals surface area contributed by atoms with Gasteiger partial charge in [0.25, 0.3) is 0 Å². The number of carboxylic acid groups (broad SMARTS) is 1. The van der Waals surface area contributed by atoms with Crippen LogP contribution in [-0.4, -0.2) is 29.3 Å². The fourth-order valence-electron chi connectivity index (χ4n) is 2.24. The van der Waals surface area contributed by atoms with Gasteiger partial charge >= 0.3 is 5.97 Å². The third-order valence-corrected chi connectivity index (χ3v) is 3.60. The van der Waals surface area contributed by atoms with E-state index in [0.717, 1.165) is 11.3 Å². The molecule has 2 aromatic carbocycles. The number of aliphatic hydroxyl groups excluding tert-OH is 1. The van der Waals surface area contributed by atoms with Crippen LogP contribution >= 0.6 is 11.6 Å². The fraction of sp³-hybridized carbons (Fsp3) is 0.188. The van der Waals surface area contributed by atoms with Crippen LogP contribution in [0.4, 0.5) is 5.69 Å². The lowest BCUT2D eigenvalue weighted by Crippen LogP contribution is -2.38. The molecular formula is C16H16ClNO3. The number of likely N-dealkylation sites (N-methyl/N-ethyl adjacent to an activating group) is 1. The van der Waals surface area contributed by atoms with Crippen molar-refractivity contribution in [2.24, 2.45) is 0 Å². The highest BCUT2D eigenvalue weighted by Gasteiger charge is 2.30. The summed E-state index contributed by atoms with van der Waals surface area (Å²) in [6, 6.07) is 15.4. The van der Waals surface area contributed by atoms with E-state index in [0.29, 0.717) is 5.02 Å². The summed E-state index contributed by atoms with van der Waals surface area (Å²) in [5, 5.41) is 19.8. The van der Waals surface area contributed by atoms with Crippen LogP contribution in [0.5, 0.6) is 0 Å². The van der Waals surface area contributed by atoms with E-state index >= 15 is 0 Å². The van der Waals surface area contributed by atoms with Gasteiger partial charge in [-0.3, -0.25) is 0 Å². The number of benzene rings is 2. The zero-order valence-electron chi connectivity index (χ0n) is 11.5. The van der Waals surface area contributed by atoms with Crippen molar-refractivity contribution < 1.29 is 15.0 Å². The van der Waals surface area contributed by atoms with Gasteiger partial charge in [0.05, 0.1) is 6.04 Å². The highest BCUT2D eigenvalue weighted by Crippen LogP contribution is 2.29. The van der Waals surface area contributed by atoms with Gasteiger partial charge in [-0.15, -0.1) is 0 Å². The summed E-state index contributed by atoms with van der Waals surface area (Å²) in [6.07, 6.45) is -1.53. The Balaban J connectivity index is 2.39. The first kappa shape index (κ1) is 15.4. The van der Waals surface area contributed by atoms with E-state index in [2.05, 4.69) is 0 Å². The molecule has 0 saturated carbocycles. The number of carbonyl (C=O) groups is 1. The molecule has 0 aliphatic carbocycles. The van der Waals surface area contributed by atoms with Crippen molar-refractivity contribution in [3.05, 3.63) is 65.2 Å². The molecule has 21 heavy (non-hydrogen) atoms. The summed E-state index contributed by atoms with van der Waals surface area (Å²) < 4.78 is 0. The first-order valence-electron chi connectivity index (χ1n) is 6.45. The molecule has 0 fully saturated rings. The van der Waals surface area contributed by atoms with Crippen LogP contribution in [0.2, 0.25) is 5.02 Å². The number of hydrogen-bond donors (Lipinski definition) is 2. The second kappa shape index (κ2) is 6.61. The lowest BCUT2D eigenvalue weighted by atomic mass is 9.99. The summed E-state index contributed by atoms with van der Waals surface area (Å²) >= 11 is 5.86. The Morgan fingerprint density at radius 2 is 1.67 bits per heavy atom. The van der Waals surface area contributed by atoms with E-state index in [1.165, 1.54) is 0 Å². The van der Waals surface area contributed by atoms with Gasteiger partial charge in [-0.05, 0) is 29.8 Å². The van der Waals surface area contributed by atoms with Gasteiger partial charge in [0.2, 0.25) is 0 Å². The van der Waals surface area contributed by atoms with Crippen LogP contribution in [0.15, 0.2) is 54.6 Å². The molecule has 0 aliphatic heterocycles. The van der Waals surface area contributed by atoms with Gasteiger partial charge in [0, 0.05) is 17.8 Å². The molecule has 0 heterocycles. The maximum absolute atomic E-state index is 11.2. The van der Waals surface area contributed by atoms with E-state index in [1.54, 1.807) is 48.3 Å².